The van der Waals surface area contributed by atoms with Crippen LogP contribution in [0.15, 0.2) is 78.9 Å². The number of carbonyl (C=O) groups is 2. The predicted octanol–water partition coefficient (Wildman–Crippen LogP) is 6.08. The molecule has 0 spiro atoms. The van der Waals surface area contributed by atoms with Crippen molar-refractivity contribution in [3.63, 3.8) is 0 Å². The Morgan fingerprint density at radius 2 is 1.57 bits per heavy atom. The van der Waals surface area contributed by atoms with Gasteiger partial charge in [-0.25, -0.2) is 0 Å². The molecule has 0 radical (unpaired) electrons. The van der Waals surface area contributed by atoms with E-state index in [-0.39, 0.29) is 23.7 Å². The second-order valence-electron chi connectivity index (χ2n) is 8.38. The Bertz CT molecular complexity index is 1260. The van der Waals surface area contributed by atoms with Crippen LogP contribution in [-0.4, -0.2) is 36.9 Å². The summed E-state index contributed by atoms with van der Waals surface area (Å²) in [6.45, 7) is 6.35. The molecule has 0 saturated heterocycles. The van der Waals surface area contributed by atoms with Gasteiger partial charge in [0, 0.05) is 30.4 Å². The first kappa shape index (κ1) is 27.3. The van der Waals surface area contributed by atoms with Gasteiger partial charge < -0.3 is 19.5 Å². The quantitative estimate of drug-likeness (QED) is 0.227. The molecule has 192 valence electrons. The molecule has 0 fully saturated rings. The van der Waals surface area contributed by atoms with Crippen molar-refractivity contribution in [2.24, 2.45) is 0 Å². The summed E-state index contributed by atoms with van der Waals surface area (Å²) in [6, 6.07) is 20.6. The number of aromatic hydroxyl groups is 1. The van der Waals surface area contributed by atoms with Crippen LogP contribution < -0.4 is 14.4 Å². The SMILES string of the molecule is CCN(CC)c1ccc(C=CC(=O)CC(=O)C=Cc2ccc(O)c(OC)c2)c(OCc2ccccc2)c1. The second-order valence-corrected chi connectivity index (χ2v) is 8.38. The van der Waals surface area contributed by atoms with Crippen LogP contribution in [-0.2, 0) is 16.2 Å². The molecule has 0 unspecified atom stereocenters. The van der Waals surface area contributed by atoms with E-state index in [1.165, 1.54) is 25.3 Å². The van der Waals surface area contributed by atoms with Gasteiger partial charge >= 0.3 is 0 Å². The Morgan fingerprint density at radius 3 is 2.24 bits per heavy atom. The molecule has 0 amide bonds. The molecule has 3 aromatic carbocycles. The summed E-state index contributed by atoms with van der Waals surface area (Å²) >= 11 is 0. The van der Waals surface area contributed by atoms with Crippen LogP contribution in [0.3, 0.4) is 0 Å². The molecule has 0 saturated carbocycles. The lowest BCUT2D eigenvalue weighted by Crippen LogP contribution is -2.21. The highest BCUT2D eigenvalue weighted by atomic mass is 16.5. The van der Waals surface area contributed by atoms with E-state index < -0.39 is 0 Å². The van der Waals surface area contributed by atoms with Crippen LogP contribution in [0.1, 0.15) is 37.0 Å². The largest absolute Gasteiger partial charge is 0.504 e. The summed E-state index contributed by atoms with van der Waals surface area (Å²) in [5, 5.41) is 9.68. The predicted molar refractivity (Wildman–Crippen MR) is 148 cm³/mol. The van der Waals surface area contributed by atoms with Crippen molar-refractivity contribution in [3.05, 3.63) is 95.6 Å². The summed E-state index contributed by atoms with van der Waals surface area (Å²) in [5.41, 5.74) is 3.53. The molecule has 0 heterocycles. The third-order valence-corrected chi connectivity index (χ3v) is 5.83. The van der Waals surface area contributed by atoms with Gasteiger partial charge in [-0.1, -0.05) is 42.5 Å². The number of carbonyl (C=O) groups excluding carboxylic acids is 2. The number of ketones is 2. The number of phenolic OH excluding ortho intramolecular Hbond substituents is 1. The molecule has 0 bridgehead atoms. The lowest BCUT2D eigenvalue weighted by Gasteiger charge is -2.22. The molecule has 37 heavy (non-hydrogen) atoms. The number of benzene rings is 3. The van der Waals surface area contributed by atoms with Gasteiger partial charge in [0.2, 0.25) is 0 Å². The number of ether oxygens (including phenoxy) is 2. The van der Waals surface area contributed by atoms with E-state index in [0.29, 0.717) is 23.7 Å². The summed E-state index contributed by atoms with van der Waals surface area (Å²) in [7, 11) is 1.45. The summed E-state index contributed by atoms with van der Waals surface area (Å²) in [4.78, 5) is 27.0. The molecule has 0 atom stereocenters. The maximum Gasteiger partial charge on any atom is 0.163 e. The van der Waals surface area contributed by atoms with Crippen LogP contribution in [0.5, 0.6) is 17.2 Å². The van der Waals surface area contributed by atoms with Gasteiger partial charge in [0.25, 0.3) is 0 Å². The van der Waals surface area contributed by atoms with Crippen molar-refractivity contribution >= 4 is 29.4 Å². The molecule has 0 aliphatic heterocycles. The lowest BCUT2D eigenvalue weighted by molar-refractivity contribution is -0.121. The number of allylic oxidation sites excluding steroid dienone is 2. The zero-order valence-electron chi connectivity index (χ0n) is 21.5. The second kappa shape index (κ2) is 13.7. The fourth-order valence-electron chi connectivity index (χ4n) is 3.77. The number of anilines is 1. The minimum atomic E-state index is -0.320. The van der Waals surface area contributed by atoms with E-state index in [1.54, 1.807) is 24.3 Å². The Balaban J connectivity index is 1.70. The number of hydrogen-bond acceptors (Lipinski definition) is 6. The molecule has 0 aliphatic rings. The van der Waals surface area contributed by atoms with Crippen molar-refractivity contribution in [2.75, 3.05) is 25.1 Å². The highest BCUT2D eigenvalue weighted by Gasteiger charge is 2.10. The highest BCUT2D eigenvalue weighted by Crippen LogP contribution is 2.28. The van der Waals surface area contributed by atoms with Crippen LogP contribution >= 0.6 is 0 Å². The Morgan fingerprint density at radius 1 is 0.865 bits per heavy atom. The summed E-state index contributed by atoms with van der Waals surface area (Å²) in [6.07, 6.45) is 5.79. The Labute approximate surface area is 218 Å². The van der Waals surface area contributed by atoms with Gasteiger partial charge in [0.05, 0.1) is 13.5 Å². The minimum absolute atomic E-state index is 0.0172. The van der Waals surface area contributed by atoms with Crippen molar-refractivity contribution in [1.29, 1.82) is 0 Å². The molecular formula is C31H33NO5. The molecule has 6 heteroatoms. The van der Waals surface area contributed by atoms with Gasteiger partial charge in [-0.2, -0.15) is 0 Å². The third kappa shape index (κ3) is 8.10. The average molecular weight is 500 g/mol. The Hall–Kier alpha value is -4.32. The minimum Gasteiger partial charge on any atom is -0.504 e. The third-order valence-electron chi connectivity index (χ3n) is 5.83. The maximum atomic E-state index is 12.5. The van der Waals surface area contributed by atoms with Crippen LogP contribution in [0.2, 0.25) is 0 Å². The normalized spacial score (nSPS) is 11.1. The van der Waals surface area contributed by atoms with Crippen LogP contribution in [0.25, 0.3) is 12.2 Å². The zero-order valence-corrected chi connectivity index (χ0v) is 21.5. The monoisotopic (exact) mass is 499 g/mol. The number of rotatable bonds is 13. The first-order chi connectivity index (χ1) is 17.9. The fraction of sp³-hybridized carbons (Fsp3) is 0.226. The van der Waals surface area contributed by atoms with Gasteiger partial charge in [-0.15, -0.1) is 0 Å². The molecular weight excluding hydrogens is 466 g/mol. The standard InChI is InChI=1S/C31H33NO5/c1-4-32(5-2)26-15-13-25(30(20-26)37-22-24-9-7-6-8-10-24)14-17-28(34)21-27(33)16-11-23-12-18-29(35)31(19-23)36-3/h6-20,35H,4-5,21-22H2,1-3H3. The van der Waals surface area contributed by atoms with Crippen molar-refractivity contribution < 1.29 is 24.2 Å². The highest BCUT2D eigenvalue weighted by molar-refractivity contribution is 6.11. The van der Waals surface area contributed by atoms with Gasteiger partial charge in [0.1, 0.15) is 12.4 Å². The van der Waals surface area contributed by atoms with Gasteiger partial charge in [0.15, 0.2) is 23.1 Å². The molecule has 3 aromatic rings. The summed E-state index contributed by atoms with van der Waals surface area (Å²) < 4.78 is 11.2. The van der Waals surface area contributed by atoms with E-state index in [4.69, 9.17) is 9.47 Å². The van der Waals surface area contributed by atoms with Crippen molar-refractivity contribution in [3.8, 4) is 17.2 Å². The van der Waals surface area contributed by atoms with Gasteiger partial charge in [-0.05, 0) is 67.5 Å². The molecule has 3 rings (SSSR count). The number of hydrogen-bond donors (Lipinski definition) is 1. The van der Waals surface area contributed by atoms with E-state index in [9.17, 15) is 14.7 Å². The number of phenols is 1. The molecule has 1 N–H and O–H groups in total. The van der Waals surface area contributed by atoms with Crippen LogP contribution in [0.4, 0.5) is 5.69 Å². The van der Waals surface area contributed by atoms with E-state index in [2.05, 4.69) is 18.7 Å². The van der Waals surface area contributed by atoms with Crippen molar-refractivity contribution in [1.82, 2.24) is 0 Å². The average Bonchev–Trinajstić information content (AvgIpc) is 2.92. The number of nitrogens with zero attached hydrogens (tertiary/aromatic N) is 1. The first-order valence-electron chi connectivity index (χ1n) is 12.3. The fourth-order valence-corrected chi connectivity index (χ4v) is 3.77. The smallest absolute Gasteiger partial charge is 0.163 e. The number of methoxy groups -OCH3 is 1. The van der Waals surface area contributed by atoms with E-state index in [1.807, 2.05) is 48.5 Å². The van der Waals surface area contributed by atoms with Crippen molar-refractivity contribution in [2.45, 2.75) is 26.9 Å². The van der Waals surface area contributed by atoms with Crippen LogP contribution in [0, 0.1) is 0 Å². The summed E-state index contributed by atoms with van der Waals surface area (Å²) in [5.74, 6) is 0.373. The Kier molecular flexibility index (Phi) is 10.1. The first-order valence-corrected chi connectivity index (χ1v) is 12.3. The van der Waals surface area contributed by atoms with E-state index >= 15 is 0 Å². The van der Waals surface area contributed by atoms with Gasteiger partial charge in [-0.3, -0.25) is 9.59 Å². The zero-order chi connectivity index (χ0) is 26.6. The molecule has 6 nitrogen and oxygen atoms in total. The maximum absolute atomic E-state index is 12.5. The molecule has 0 aliphatic carbocycles. The topological polar surface area (TPSA) is 76.1 Å². The lowest BCUT2D eigenvalue weighted by atomic mass is 10.1. The molecule has 0 aromatic heterocycles. The van der Waals surface area contributed by atoms with E-state index in [0.717, 1.165) is 29.9 Å².